The van der Waals surface area contributed by atoms with E-state index in [1.165, 1.54) is 0 Å². The van der Waals surface area contributed by atoms with Crippen LogP contribution in [0.4, 0.5) is 0 Å². The molecule has 5 heteroatoms. The van der Waals surface area contributed by atoms with Gasteiger partial charge in [-0.05, 0) is 30.3 Å². The maximum absolute atomic E-state index is 9.23. The van der Waals surface area contributed by atoms with Crippen molar-refractivity contribution in [1.29, 1.82) is 0 Å². The number of nitrogens with zero attached hydrogens (tertiary/aromatic N) is 3. The van der Waals surface area contributed by atoms with Gasteiger partial charge in [-0.15, -0.1) is 0 Å². The third-order valence-electron chi connectivity index (χ3n) is 3.50. The standard InChI is InChI=1S/C17H11N3O2/c21-20-14-9-17(22-16-6-2-1-5-12(14)16)15-8-13-11(10-19-15)4-3-7-18-13/h1-10,21H/b20-14+. The van der Waals surface area contributed by atoms with E-state index >= 15 is 0 Å². The summed E-state index contributed by atoms with van der Waals surface area (Å²) in [4.78, 5) is 8.72. The monoisotopic (exact) mass is 289 g/mol. The molecule has 0 unspecified atom stereocenters. The fourth-order valence-corrected chi connectivity index (χ4v) is 2.43. The van der Waals surface area contributed by atoms with Gasteiger partial charge in [0.2, 0.25) is 0 Å². The van der Waals surface area contributed by atoms with Crippen molar-refractivity contribution in [3.8, 4) is 11.5 Å². The molecule has 0 aliphatic rings. The summed E-state index contributed by atoms with van der Waals surface area (Å²) in [7, 11) is 0. The highest BCUT2D eigenvalue weighted by Gasteiger charge is 2.08. The second-order valence-electron chi connectivity index (χ2n) is 4.86. The van der Waals surface area contributed by atoms with Crippen LogP contribution in [0.3, 0.4) is 0 Å². The Kier molecular flexibility index (Phi) is 2.83. The highest BCUT2D eigenvalue weighted by molar-refractivity contribution is 5.82. The highest BCUT2D eigenvalue weighted by atomic mass is 16.4. The summed E-state index contributed by atoms with van der Waals surface area (Å²) in [6.45, 7) is 0. The molecule has 3 aromatic heterocycles. The number of fused-ring (bicyclic) bond motifs is 2. The van der Waals surface area contributed by atoms with Gasteiger partial charge in [0.25, 0.3) is 0 Å². The van der Waals surface area contributed by atoms with Crippen molar-refractivity contribution < 1.29 is 9.62 Å². The summed E-state index contributed by atoms with van der Waals surface area (Å²) in [6, 6.07) is 14.7. The van der Waals surface area contributed by atoms with Gasteiger partial charge in [0, 0.05) is 29.2 Å². The molecule has 0 amide bonds. The van der Waals surface area contributed by atoms with Crippen LogP contribution in [0.2, 0.25) is 0 Å². The number of para-hydroxylation sites is 1. The van der Waals surface area contributed by atoms with E-state index in [0.717, 1.165) is 16.3 Å². The van der Waals surface area contributed by atoms with E-state index in [0.29, 0.717) is 22.4 Å². The first-order valence-corrected chi connectivity index (χ1v) is 6.77. The molecular weight excluding hydrogens is 278 g/mol. The zero-order valence-corrected chi connectivity index (χ0v) is 11.5. The average molecular weight is 289 g/mol. The van der Waals surface area contributed by atoms with Crippen LogP contribution in [0.25, 0.3) is 33.3 Å². The van der Waals surface area contributed by atoms with Gasteiger partial charge >= 0.3 is 0 Å². The minimum absolute atomic E-state index is 0.444. The van der Waals surface area contributed by atoms with Gasteiger partial charge in [-0.2, -0.15) is 0 Å². The molecule has 0 spiro atoms. The molecule has 1 N–H and O–H groups in total. The lowest BCUT2D eigenvalue weighted by atomic mass is 10.1. The van der Waals surface area contributed by atoms with E-state index in [-0.39, 0.29) is 0 Å². The number of benzene rings is 1. The van der Waals surface area contributed by atoms with Crippen LogP contribution < -0.4 is 5.36 Å². The Labute approximate surface area is 125 Å². The third kappa shape index (κ3) is 2.00. The van der Waals surface area contributed by atoms with Crippen LogP contribution in [0, 0.1) is 0 Å². The van der Waals surface area contributed by atoms with Gasteiger partial charge < -0.3 is 9.62 Å². The second-order valence-corrected chi connectivity index (χ2v) is 4.86. The van der Waals surface area contributed by atoms with Crippen LogP contribution in [0.1, 0.15) is 0 Å². The van der Waals surface area contributed by atoms with Crippen LogP contribution in [-0.4, -0.2) is 15.2 Å². The summed E-state index contributed by atoms with van der Waals surface area (Å²) in [5.41, 5.74) is 2.11. The SMILES string of the molecule is O/N=c1\cc(-c2cc3ncccc3cn2)oc2ccccc12. The van der Waals surface area contributed by atoms with Crippen molar-refractivity contribution in [2.45, 2.75) is 0 Å². The predicted octanol–water partition coefficient (Wildman–Crippen LogP) is 3.33. The van der Waals surface area contributed by atoms with E-state index in [2.05, 4.69) is 15.1 Å². The molecule has 5 nitrogen and oxygen atoms in total. The predicted molar refractivity (Wildman–Crippen MR) is 82.1 cm³/mol. The molecule has 0 fully saturated rings. The molecule has 0 atom stereocenters. The van der Waals surface area contributed by atoms with E-state index in [1.54, 1.807) is 18.5 Å². The first kappa shape index (κ1) is 12.5. The molecular formula is C17H11N3O2. The Hall–Kier alpha value is -3.21. The van der Waals surface area contributed by atoms with Crippen LogP contribution in [-0.2, 0) is 0 Å². The lowest BCUT2D eigenvalue weighted by Crippen LogP contribution is -2.03. The van der Waals surface area contributed by atoms with Crippen molar-refractivity contribution in [2.75, 3.05) is 0 Å². The van der Waals surface area contributed by atoms with E-state index in [9.17, 15) is 5.21 Å². The molecule has 0 bridgehead atoms. The fraction of sp³-hybridized carbons (Fsp3) is 0. The summed E-state index contributed by atoms with van der Waals surface area (Å²) in [6.07, 6.45) is 3.48. The van der Waals surface area contributed by atoms with Crippen LogP contribution in [0.5, 0.6) is 0 Å². The molecule has 0 aliphatic heterocycles. The largest absolute Gasteiger partial charge is 0.454 e. The smallest absolute Gasteiger partial charge is 0.155 e. The van der Waals surface area contributed by atoms with E-state index in [4.69, 9.17) is 4.42 Å². The molecule has 106 valence electrons. The molecule has 0 radical (unpaired) electrons. The van der Waals surface area contributed by atoms with Gasteiger partial charge in [-0.3, -0.25) is 9.97 Å². The van der Waals surface area contributed by atoms with Crippen LogP contribution in [0.15, 0.2) is 70.5 Å². The van der Waals surface area contributed by atoms with Crippen molar-refractivity contribution in [2.24, 2.45) is 5.16 Å². The van der Waals surface area contributed by atoms with Gasteiger partial charge in [0.15, 0.2) is 5.76 Å². The fourth-order valence-electron chi connectivity index (χ4n) is 2.43. The molecule has 0 saturated carbocycles. The second kappa shape index (κ2) is 4.96. The zero-order chi connectivity index (χ0) is 14.9. The lowest BCUT2D eigenvalue weighted by molar-refractivity contribution is 0.302. The Morgan fingerprint density at radius 2 is 1.91 bits per heavy atom. The minimum Gasteiger partial charge on any atom is -0.454 e. The molecule has 0 aliphatic carbocycles. The number of hydrogen-bond donors (Lipinski definition) is 1. The topological polar surface area (TPSA) is 71.5 Å². The summed E-state index contributed by atoms with van der Waals surface area (Å²) >= 11 is 0. The van der Waals surface area contributed by atoms with Gasteiger partial charge in [-0.1, -0.05) is 17.3 Å². The minimum atomic E-state index is 0.444. The molecule has 22 heavy (non-hydrogen) atoms. The zero-order valence-electron chi connectivity index (χ0n) is 11.5. The number of aromatic nitrogens is 2. The number of hydrogen-bond acceptors (Lipinski definition) is 5. The Morgan fingerprint density at radius 3 is 2.82 bits per heavy atom. The molecule has 1 aromatic carbocycles. The number of rotatable bonds is 1. The molecule has 4 aromatic rings. The molecule has 0 saturated heterocycles. The van der Waals surface area contributed by atoms with E-state index in [1.807, 2.05) is 42.5 Å². The highest BCUT2D eigenvalue weighted by Crippen LogP contribution is 2.22. The summed E-state index contributed by atoms with van der Waals surface area (Å²) in [5, 5.41) is 14.7. The Morgan fingerprint density at radius 1 is 1.00 bits per heavy atom. The normalized spacial score (nSPS) is 12.1. The first-order valence-electron chi connectivity index (χ1n) is 6.77. The van der Waals surface area contributed by atoms with Gasteiger partial charge in [-0.25, -0.2) is 0 Å². The third-order valence-corrected chi connectivity index (χ3v) is 3.50. The van der Waals surface area contributed by atoms with Crippen LogP contribution >= 0.6 is 0 Å². The Bertz CT molecular complexity index is 1050. The van der Waals surface area contributed by atoms with Crippen molar-refractivity contribution in [3.05, 3.63) is 66.3 Å². The maximum atomic E-state index is 9.23. The van der Waals surface area contributed by atoms with Gasteiger partial charge in [0.1, 0.15) is 16.6 Å². The van der Waals surface area contributed by atoms with Crippen molar-refractivity contribution in [3.63, 3.8) is 0 Å². The van der Waals surface area contributed by atoms with E-state index < -0.39 is 0 Å². The summed E-state index contributed by atoms with van der Waals surface area (Å²) < 4.78 is 5.88. The Balaban J connectivity index is 1.99. The summed E-state index contributed by atoms with van der Waals surface area (Å²) in [5.74, 6) is 0.527. The lowest BCUT2D eigenvalue weighted by Gasteiger charge is -2.04. The number of pyridine rings is 2. The first-order chi connectivity index (χ1) is 10.8. The quantitative estimate of drug-likeness (QED) is 0.431. The maximum Gasteiger partial charge on any atom is 0.155 e. The van der Waals surface area contributed by atoms with Crippen molar-refractivity contribution in [1.82, 2.24) is 9.97 Å². The molecule has 4 rings (SSSR count). The molecule has 3 heterocycles. The van der Waals surface area contributed by atoms with Gasteiger partial charge in [0.05, 0.1) is 5.52 Å². The van der Waals surface area contributed by atoms with Crippen molar-refractivity contribution >= 4 is 21.9 Å². The average Bonchev–Trinajstić information content (AvgIpc) is 2.60.